The van der Waals surface area contributed by atoms with Gasteiger partial charge in [0.1, 0.15) is 6.54 Å². The average Bonchev–Trinajstić information content (AvgIpc) is 3.28. The lowest BCUT2D eigenvalue weighted by Crippen LogP contribution is -2.33. The van der Waals surface area contributed by atoms with Gasteiger partial charge in [0.2, 0.25) is 5.91 Å². The van der Waals surface area contributed by atoms with Gasteiger partial charge in [-0.2, -0.15) is 0 Å². The van der Waals surface area contributed by atoms with Crippen molar-refractivity contribution in [2.45, 2.75) is 39.3 Å². The summed E-state index contributed by atoms with van der Waals surface area (Å²) in [5.41, 5.74) is 3.16. The van der Waals surface area contributed by atoms with Gasteiger partial charge in [-0.15, -0.1) is 0 Å². The number of nitrogens with zero attached hydrogens (tertiary/aromatic N) is 3. The van der Waals surface area contributed by atoms with Crippen LogP contribution in [0.3, 0.4) is 0 Å². The first-order valence-electron chi connectivity index (χ1n) is 8.40. The van der Waals surface area contributed by atoms with Gasteiger partial charge in [0.15, 0.2) is 5.76 Å². The number of carbonyl (C=O) groups excluding carboxylic acids is 1. The number of aryl methyl sites for hydroxylation is 2. The van der Waals surface area contributed by atoms with E-state index >= 15 is 0 Å². The number of hydrogen-bond donors (Lipinski definition) is 0. The molecule has 2 aromatic heterocycles. The van der Waals surface area contributed by atoms with Gasteiger partial charge in [-0.05, 0) is 38.3 Å². The molecule has 24 heavy (non-hydrogen) atoms. The minimum Gasteiger partial charge on any atom is -0.359 e. The van der Waals surface area contributed by atoms with Gasteiger partial charge in [-0.25, -0.2) is 0 Å². The van der Waals surface area contributed by atoms with Crippen molar-refractivity contribution in [3.63, 3.8) is 0 Å². The van der Waals surface area contributed by atoms with Crippen LogP contribution in [0.25, 0.3) is 10.9 Å². The van der Waals surface area contributed by atoms with E-state index in [0.717, 1.165) is 36.4 Å². The van der Waals surface area contributed by atoms with E-state index in [-0.39, 0.29) is 11.9 Å². The van der Waals surface area contributed by atoms with E-state index in [1.807, 2.05) is 34.6 Å². The van der Waals surface area contributed by atoms with Gasteiger partial charge in [-0.3, -0.25) is 4.79 Å². The number of para-hydroxylation sites is 1. The summed E-state index contributed by atoms with van der Waals surface area (Å²) in [7, 11) is 0. The van der Waals surface area contributed by atoms with E-state index in [1.54, 1.807) is 0 Å². The fourth-order valence-electron chi connectivity index (χ4n) is 3.70. The molecule has 1 aliphatic heterocycles. The normalized spacial score (nSPS) is 17.8. The summed E-state index contributed by atoms with van der Waals surface area (Å²) in [5, 5.41) is 5.17. The predicted octanol–water partition coefficient (Wildman–Crippen LogP) is 3.61. The molecule has 0 N–H and O–H groups in total. The lowest BCUT2D eigenvalue weighted by Gasteiger charge is -2.23. The zero-order valence-electron chi connectivity index (χ0n) is 14.0. The Balaban J connectivity index is 1.59. The Hall–Kier alpha value is -2.56. The second-order valence-electron chi connectivity index (χ2n) is 6.57. The zero-order chi connectivity index (χ0) is 16.7. The third kappa shape index (κ3) is 2.50. The summed E-state index contributed by atoms with van der Waals surface area (Å²) >= 11 is 0. The second-order valence-corrected chi connectivity index (χ2v) is 6.57. The van der Waals surface area contributed by atoms with Crippen molar-refractivity contribution in [3.8, 4) is 0 Å². The lowest BCUT2D eigenvalue weighted by molar-refractivity contribution is -0.133. The highest BCUT2D eigenvalue weighted by molar-refractivity contribution is 5.86. The maximum Gasteiger partial charge on any atom is 0.243 e. The maximum atomic E-state index is 12.9. The standard InChI is InChI=1S/C19H21N3O2/c1-13-11-21(16-7-4-3-6-15(13)16)12-19(23)22-9-5-8-17(22)18-10-14(2)20-24-18/h3-4,6-7,10-11,17H,5,8-9,12H2,1-2H3/t17-/m1/s1. The second kappa shape index (κ2) is 5.82. The molecule has 0 unspecified atom stereocenters. The van der Waals surface area contributed by atoms with E-state index in [2.05, 4.69) is 30.4 Å². The van der Waals surface area contributed by atoms with Gasteiger partial charge < -0.3 is 14.0 Å². The molecule has 1 atom stereocenters. The molecule has 3 heterocycles. The molecule has 0 saturated carbocycles. The maximum absolute atomic E-state index is 12.9. The number of fused-ring (bicyclic) bond motifs is 1. The quantitative estimate of drug-likeness (QED) is 0.740. The van der Waals surface area contributed by atoms with E-state index in [1.165, 1.54) is 10.9 Å². The molecule has 1 fully saturated rings. The molecule has 1 aliphatic rings. The van der Waals surface area contributed by atoms with Crippen LogP contribution in [0.2, 0.25) is 0 Å². The fourth-order valence-corrected chi connectivity index (χ4v) is 3.70. The van der Waals surface area contributed by atoms with Crippen LogP contribution in [0.15, 0.2) is 41.1 Å². The van der Waals surface area contributed by atoms with E-state index < -0.39 is 0 Å². The Bertz CT molecular complexity index is 893. The SMILES string of the molecule is Cc1cc([C@H]2CCCN2C(=O)Cn2cc(C)c3ccccc32)on1. The van der Waals surface area contributed by atoms with Crippen LogP contribution in [-0.2, 0) is 11.3 Å². The summed E-state index contributed by atoms with van der Waals surface area (Å²) in [4.78, 5) is 14.8. The molecule has 1 saturated heterocycles. The van der Waals surface area contributed by atoms with Crippen molar-refractivity contribution in [2.75, 3.05) is 6.54 Å². The highest BCUT2D eigenvalue weighted by atomic mass is 16.5. The van der Waals surface area contributed by atoms with Crippen LogP contribution in [0.4, 0.5) is 0 Å². The first kappa shape index (κ1) is 15.0. The van der Waals surface area contributed by atoms with Crippen molar-refractivity contribution in [2.24, 2.45) is 0 Å². The lowest BCUT2D eigenvalue weighted by atomic mass is 10.1. The van der Waals surface area contributed by atoms with E-state index in [0.29, 0.717) is 6.54 Å². The summed E-state index contributed by atoms with van der Waals surface area (Å²) in [5.74, 6) is 0.930. The molecule has 3 aromatic rings. The summed E-state index contributed by atoms with van der Waals surface area (Å²) < 4.78 is 7.45. The first-order valence-corrected chi connectivity index (χ1v) is 8.40. The number of hydrogen-bond acceptors (Lipinski definition) is 3. The molecular formula is C19H21N3O2. The highest BCUT2D eigenvalue weighted by Gasteiger charge is 2.32. The van der Waals surface area contributed by atoms with Crippen molar-refractivity contribution in [1.82, 2.24) is 14.6 Å². The summed E-state index contributed by atoms with van der Waals surface area (Å²) in [6, 6.07) is 10.2. The molecule has 0 radical (unpaired) electrons. The van der Waals surface area contributed by atoms with Crippen molar-refractivity contribution < 1.29 is 9.32 Å². The molecule has 4 rings (SSSR count). The summed E-state index contributed by atoms with van der Waals surface area (Å²) in [6.45, 7) is 5.13. The minimum atomic E-state index is 0.0154. The van der Waals surface area contributed by atoms with Crippen LogP contribution in [0.1, 0.15) is 35.9 Å². The molecule has 0 spiro atoms. The van der Waals surface area contributed by atoms with Crippen molar-refractivity contribution in [1.29, 1.82) is 0 Å². The zero-order valence-corrected chi connectivity index (χ0v) is 14.0. The molecule has 0 bridgehead atoms. The molecular weight excluding hydrogens is 302 g/mol. The number of rotatable bonds is 3. The Morgan fingerprint density at radius 1 is 1.33 bits per heavy atom. The highest BCUT2D eigenvalue weighted by Crippen LogP contribution is 2.32. The third-order valence-corrected chi connectivity index (χ3v) is 4.84. The van der Waals surface area contributed by atoms with Crippen LogP contribution < -0.4 is 0 Å². The summed E-state index contributed by atoms with van der Waals surface area (Å²) in [6.07, 6.45) is 4.00. The van der Waals surface area contributed by atoms with Gasteiger partial charge >= 0.3 is 0 Å². The van der Waals surface area contributed by atoms with Crippen LogP contribution in [0.5, 0.6) is 0 Å². The fraction of sp³-hybridized carbons (Fsp3) is 0.368. The van der Waals surface area contributed by atoms with Gasteiger partial charge in [-0.1, -0.05) is 23.4 Å². The predicted molar refractivity (Wildman–Crippen MR) is 91.6 cm³/mol. The Kier molecular flexibility index (Phi) is 3.63. The first-order chi connectivity index (χ1) is 11.6. The van der Waals surface area contributed by atoms with Gasteiger partial charge in [0, 0.05) is 29.7 Å². The number of aromatic nitrogens is 2. The van der Waals surface area contributed by atoms with Gasteiger partial charge in [0.25, 0.3) is 0 Å². The molecule has 124 valence electrons. The van der Waals surface area contributed by atoms with E-state index in [4.69, 9.17) is 4.52 Å². The largest absolute Gasteiger partial charge is 0.359 e. The number of benzene rings is 1. The van der Waals surface area contributed by atoms with Crippen LogP contribution >= 0.6 is 0 Å². The molecule has 0 aliphatic carbocycles. The molecule has 1 aromatic carbocycles. The van der Waals surface area contributed by atoms with Crippen LogP contribution in [-0.4, -0.2) is 27.1 Å². The van der Waals surface area contributed by atoms with Gasteiger partial charge in [0.05, 0.1) is 11.7 Å². The number of likely N-dealkylation sites (tertiary alicyclic amines) is 1. The smallest absolute Gasteiger partial charge is 0.243 e. The Morgan fingerprint density at radius 3 is 2.96 bits per heavy atom. The molecule has 1 amide bonds. The van der Waals surface area contributed by atoms with Crippen molar-refractivity contribution in [3.05, 3.63) is 53.5 Å². The molecule has 5 nitrogen and oxygen atoms in total. The third-order valence-electron chi connectivity index (χ3n) is 4.84. The topological polar surface area (TPSA) is 51.3 Å². The minimum absolute atomic E-state index is 0.0154. The number of amides is 1. The monoisotopic (exact) mass is 323 g/mol. The van der Waals surface area contributed by atoms with Crippen molar-refractivity contribution >= 4 is 16.8 Å². The number of carbonyl (C=O) groups is 1. The van der Waals surface area contributed by atoms with E-state index in [9.17, 15) is 4.79 Å². The Labute approximate surface area is 140 Å². The average molecular weight is 323 g/mol. The molecule has 5 heteroatoms. The Morgan fingerprint density at radius 2 is 2.17 bits per heavy atom. The van der Waals surface area contributed by atoms with Crippen LogP contribution in [0, 0.1) is 13.8 Å².